The summed E-state index contributed by atoms with van der Waals surface area (Å²) in [6.07, 6.45) is -4.76. The fraction of sp³-hybridized carbons (Fsp3) is 0.625. The molecule has 2 fully saturated rings. The number of aromatic nitrogens is 1. The minimum Gasteiger partial charge on any atom is -0.375 e. The summed E-state index contributed by atoms with van der Waals surface area (Å²) < 4.78 is 61.6. The van der Waals surface area contributed by atoms with Crippen molar-refractivity contribution in [1.82, 2.24) is 4.98 Å². The third kappa shape index (κ3) is 2.32. The van der Waals surface area contributed by atoms with E-state index in [4.69, 9.17) is 14.3 Å². The van der Waals surface area contributed by atoms with E-state index in [9.17, 15) is 4.79 Å². The first kappa shape index (κ1) is 6.98. The molecular formula is C16H21NO2. The normalized spacial score (nSPS) is 42.8. The molecule has 19 heavy (non-hydrogen) atoms. The van der Waals surface area contributed by atoms with Crippen LogP contribution in [0.4, 0.5) is 0 Å². The molecule has 102 valence electrons. The second kappa shape index (κ2) is 5.04. The lowest BCUT2D eigenvalue weighted by atomic mass is 9.68. The van der Waals surface area contributed by atoms with E-state index in [0.717, 1.165) is 0 Å². The van der Waals surface area contributed by atoms with Gasteiger partial charge in [-0.3, -0.25) is 4.98 Å². The summed E-state index contributed by atoms with van der Waals surface area (Å²) in [5.74, 6) is 0. The van der Waals surface area contributed by atoms with Crippen molar-refractivity contribution < 1.29 is 19.1 Å². The molecule has 3 heteroatoms. The van der Waals surface area contributed by atoms with Gasteiger partial charge in [-0.2, -0.15) is 0 Å². The standard InChI is InChI=1S/C16H21NO2/c18-11-8-15(14-5-1-4-10-17-14)9-12-19-16(13-15)6-2-3-7-16/h1,4-5,10-11H,2-3,6-9,12-13H2/t15-/m1/s1/i2D2,3D2,11D,12D2. The summed E-state index contributed by atoms with van der Waals surface area (Å²) in [4.78, 5) is 16.0. The molecule has 0 unspecified atom stereocenters. The van der Waals surface area contributed by atoms with Gasteiger partial charge in [-0.25, -0.2) is 0 Å². The zero-order valence-electron chi connectivity index (χ0n) is 17.6. The minimum atomic E-state index is -2.19. The van der Waals surface area contributed by atoms with Gasteiger partial charge in [0.25, 0.3) is 0 Å². The van der Waals surface area contributed by atoms with Crippen LogP contribution in [0.2, 0.25) is 0 Å². The Balaban J connectivity index is 2.10. The summed E-state index contributed by atoms with van der Waals surface area (Å²) in [5.41, 5.74) is -2.10. The quantitative estimate of drug-likeness (QED) is 0.789. The minimum absolute atomic E-state index is 0.0418. The number of carbonyl (C=O) groups excluding carboxylic acids is 1. The number of carbonyl (C=O) groups is 1. The molecule has 1 saturated heterocycles. The average molecular weight is 266 g/mol. The van der Waals surface area contributed by atoms with Crippen LogP contribution in [0.1, 0.15) is 60.1 Å². The predicted molar refractivity (Wildman–Crippen MR) is 73.0 cm³/mol. The van der Waals surface area contributed by atoms with E-state index in [1.54, 1.807) is 18.2 Å². The van der Waals surface area contributed by atoms with Gasteiger partial charge < -0.3 is 9.53 Å². The summed E-state index contributed by atoms with van der Waals surface area (Å²) in [7, 11) is 0. The smallest absolute Gasteiger partial charge is 0.120 e. The molecule has 1 aromatic rings. The molecule has 1 aliphatic carbocycles. The van der Waals surface area contributed by atoms with Crippen molar-refractivity contribution in [2.24, 2.45) is 0 Å². The van der Waals surface area contributed by atoms with Gasteiger partial charge in [0.1, 0.15) is 7.63 Å². The fourth-order valence-electron chi connectivity index (χ4n) is 2.96. The molecule has 0 bridgehead atoms. The first-order valence-electron chi connectivity index (χ1n) is 9.92. The number of aldehydes is 1. The lowest BCUT2D eigenvalue weighted by molar-refractivity contribution is -0.118. The third-order valence-corrected chi connectivity index (χ3v) is 3.92. The van der Waals surface area contributed by atoms with E-state index in [-0.39, 0.29) is 32.1 Å². The van der Waals surface area contributed by atoms with Crippen molar-refractivity contribution in [2.45, 2.75) is 55.9 Å². The van der Waals surface area contributed by atoms with Gasteiger partial charge in [0.2, 0.25) is 0 Å². The fourth-order valence-corrected chi connectivity index (χ4v) is 2.96. The Labute approximate surface area is 124 Å². The van der Waals surface area contributed by atoms with Crippen molar-refractivity contribution in [1.29, 1.82) is 0 Å². The van der Waals surface area contributed by atoms with Crippen LogP contribution in [-0.2, 0) is 14.9 Å². The largest absolute Gasteiger partial charge is 0.375 e. The van der Waals surface area contributed by atoms with Crippen molar-refractivity contribution in [3.05, 3.63) is 30.1 Å². The zero-order valence-corrected chi connectivity index (χ0v) is 10.6. The van der Waals surface area contributed by atoms with E-state index >= 15 is 0 Å². The van der Waals surface area contributed by atoms with Gasteiger partial charge in [-0.05, 0) is 37.8 Å². The van der Waals surface area contributed by atoms with Crippen LogP contribution < -0.4 is 0 Å². The SMILES string of the molecule is [2H]C(=O)C[C@@]1(c2ccccn2)CC([2H])([2H])OC2(CC([2H])([2H])C([2H])([2H])C2)C1. The zero-order chi connectivity index (χ0) is 19.4. The van der Waals surface area contributed by atoms with Crippen molar-refractivity contribution >= 4 is 6.26 Å². The Hall–Kier alpha value is -1.22. The maximum atomic E-state index is 11.7. The van der Waals surface area contributed by atoms with Crippen LogP contribution in [-0.4, -0.2) is 23.4 Å². The average Bonchev–Trinajstić information content (AvgIpc) is 2.60. The Bertz CT molecular complexity index is 694. The highest BCUT2D eigenvalue weighted by atomic mass is 16.5. The first-order valence-corrected chi connectivity index (χ1v) is 6.42. The molecule has 0 amide bonds. The molecule has 1 aliphatic heterocycles. The second-order valence-electron chi connectivity index (χ2n) is 5.31. The molecule has 2 heterocycles. The molecule has 1 spiro atoms. The molecule has 2 aliphatic rings. The highest BCUT2D eigenvalue weighted by Crippen LogP contribution is 2.49. The highest BCUT2D eigenvalue weighted by molar-refractivity contribution is 5.53. The van der Waals surface area contributed by atoms with Crippen molar-refractivity contribution in [3.8, 4) is 0 Å². The van der Waals surface area contributed by atoms with E-state index in [1.807, 2.05) is 0 Å². The number of hydrogen-bond donors (Lipinski definition) is 0. The lowest BCUT2D eigenvalue weighted by Gasteiger charge is -2.45. The molecular weight excluding hydrogens is 238 g/mol. The topological polar surface area (TPSA) is 39.2 Å². The van der Waals surface area contributed by atoms with E-state index in [0.29, 0.717) is 5.69 Å². The summed E-state index contributed by atoms with van der Waals surface area (Å²) in [5, 5.41) is 0. The maximum absolute atomic E-state index is 11.7. The van der Waals surface area contributed by atoms with Gasteiger partial charge in [0.05, 0.1) is 8.34 Å². The van der Waals surface area contributed by atoms with Crippen molar-refractivity contribution in [2.75, 3.05) is 6.56 Å². The molecule has 1 aromatic heterocycles. The van der Waals surface area contributed by atoms with Crippen LogP contribution in [0.5, 0.6) is 0 Å². The van der Waals surface area contributed by atoms with Crippen LogP contribution in [0.15, 0.2) is 24.4 Å². The summed E-state index contributed by atoms with van der Waals surface area (Å²) in [6, 6.07) is 5.07. The predicted octanol–water partition coefficient (Wildman–Crippen LogP) is 3.03. The van der Waals surface area contributed by atoms with Crippen LogP contribution in [0.3, 0.4) is 0 Å². The van der Waals surface area contributed by atoms with Crippen LogP contribution in [0, 0.1) is 0 Å². The number of pyridine rings is 1. The number of rotatable bonds is 3. The second-order valence-corrected chi connectivity index (χ2v) is 5.31. The Morgan fingerprint density at radius 1 is 1.42 bits per heavy atom. The van der Waals surface area contributed by atoms with E-state index < -0.39 is 36.6 Å². The van der Waals surface area contributed by atoms with E-state index in [1.165, 1.54) is 6.20 Å². The summed E-state index contributed by atoms with van der Waals surface area (Å²) >= 11 is 0. The molecule has 3 nitrogen and oxygen atoms in total. The molecule has 0 N–H and O–H groups in total. The molecule has 3 rings (SSSR count). The van der Waals surface area contributed by atoms with Crippen LogP contribution >= 0.6 is 0 Å². The Morgan fingerprint density at radius 3 is 2.95 bits per heavy atom. The Morgan fingerprint density at radius 2 is 2.26 bits per heavy atom. The third-order valence-electron chi connectivity index (χ3n) is 3.92. The van der Waals surface area contributed by atoms with Crippen molar-refractivity contribution in [3.63, 3.8) is 0 Å². The van der Waals surface area contributed by atoms with Gasteiger partial charge >= 0.3 is 0 Å². The summed E-state index contributed by atoms with van der Waals surface area (Å²) in [6.45, 7) is -2.19. The first-order chi connectivity index (χ1) is 11.8. The highest BCUT2D eigenvalue weighted by Gasteiger charge is 2.48. The monoisotopic (exact) mass is 266 g/mol. The number of ether oxygens (including phenoxy) is 1. The molecule has 1 atom stereocenters. The number of nitrogens with zero attached hydrogens (tertiary/aromatic N) is 1. The van der Waals surface area contributed by atoms with Gasteiger partial charge in [-0.1, -0.05) is 18.8 Å². The lowest BCUT2D eigenvalue weighted by Crippen LogP contribution is -2.46. The van der Waals surface area contributed by atoms with Gasteiger partial charge in [0.15, 0.2) is 0 Å². The van der Waals surface area contributed by atoms with E-state index in [2.05, 4.69) is 4.98 Å². The van der Waals surface area contributed by atoms with Crippen LogP contribution in [0.25, 0.3) is 0 Å². The van der Waals surface area contributed by atoms with Gasteiger partial charge in [0, 0.05) is 35.8 Å². The molecule has 0 radical (unpaired) electrons. The van der Waals surface area contributed by atoms with Gasteiger partial charge in [-0.15, -0.1) is 0 Å². The maximum Gasteiger partial charge on any atom is 0.120 e. The number of hydrogen-bond acceptors (Lipinski definition) is 3. The molecule has 0 aromatic carbocycles. The molecule has 1 saturated carbocycles. The Kier molecular flexibility index (Phi) is 1.85.